The SMILES string of the molecule is Clc1ccc(C=NCCN=Cc2ccc(Cl)cc2)cc1.Clc1ccc(C=NCCN=Cc2ccc(Cl)cc2)cc1.Clc1ccc(C=NCCN=Cc2ccc(Cl)cc2)cc1.Clc1ccc(C=NCCN=Cc2ccc(Cl)cc2)cc1.Clc1ccc(C=NCCN=Cc2ccc(Cl)cc2)cc1.Clc1ccc(C=NCCN=Cc2ccc(Cl)cc2)cc1.[Pd].[Pd].[Pd]. The number of nitrogens with zero attached hydrogens (tertiary/aromatic N) is 12. The quantitative estimate of drug-likeness (QED) is 0.0240. The van der Waals surface area contributed by atoms with Gasteiger partial charge in [-0.1, -0.05) is 285 Å². The number of rotatable bonds is 30. The molecule has 0 unspecified atom stereocenters. The maximum Gasteiger partial charge on any atom is 0.0585 e. The van der Waals surface area contributed by atoms with E-state index in [1.807, 2.05) is 366 Å². The third kappa shape index (κ3) is 52.0. The van der Waals surface area contributed by atoms with Crippen molar-refractivity contribution in [3.8, 4) is 0 Å². The van der Waals surface area contributed by atoms with Crippen molar-refractivity contribution >= 4 is 214 Å². The first kappa shape index (κ1) is 107. The van der Waals surface area contributed by atoms with Crippen molar-refractivity contribution in [2.24, 2.45) is 59.9 Å². The summed E-state index contributed by atoms with van der Waals surface area (Å²) < 4.78 is 0. The van der Waals surface area contributed by atoms with Gasteiger partial charge >= 0.3 is 0 Å². The molecule has 0 saturated heterocycles. The molecule has 12 rings (SSSR count). The summed E-state index contributed by atoms with van der Waals surface area (Å²) in [5, 5.41) is 8.77. The van der Waals surface area contributed by atoms with Gasteiger partial charge in [0.05, 0.1) is 78.5 Å². The van der Waals surface area contributed by atoms with Gasteiger partial charge in [-0.05, 0) is 212 Å². The van der Waals surface area contributed by atoms with E-state index in [0.29, 0.717) is 78.5 Å². The summed E-state index contributed by atoms with van der Waals surface area (Å²) >= 11 is 69.7. The summed E-state index contributed by atoms with van der Waals surface area (Å²) in [7, 11) is 0. The standard InChI is InChI=1S/6C16H14Cl2N2.3Pd/c6*17-15-5-1-13(2-6-15)11-19-9-10-20-12-14-3-7-16(18)8-4-14;;;/h6*1-8,11-12H,9-10H2;;;. The Morgan fingerprint density at radius 3 is 0.228 bits per heavy atom. The van der Waals surface area contributed by atoms with Gasteiger partial charge < -0.3 is 0 Å². The molecular formula is C96H84Cl12N12Pd3. The molecule has 642 valence electrons. The first-order chi connectivity index (χ1) is 58.4. The maximum absolute atomic E-state index is 5.81. The van der Waals surface area contributed by atoms with Gasteiger partial charge in [-0.25, -0.2) is 0 Å². The Morgan fingerprint density at radius 2 is 0.171 bits per heavy atom. The zero-order chi connectivity index (χ0) is 85.3. The number of aliphatic imine (C=N–C) groups is 12. The van der Waals surface area contributed by atoms with E-state index in [-0.39, 0.29) is 61.3 Å². The second kappa shape index (κ2) is 66.6. The van der Waals surface area contributed by atoms with Crippen molar-refractivity contribution in [1.82, 2.24) is 0 Å². The van der Waals surface area contributed by atoms with E-state index in [4.69, 9.17) is 139 Å². The molecule has 0 aromatic heterocycles. The number of hydrogen-bond acceptors (Lipinski definition) is 12. The van der Waals surface area contributed by atoms with Crippen LogP contribution in [0, 0.1) is 0 Å². The molecule has 0 fully saturated rings. The van der Waals surface area contributed by atoms with Crippen molar-refractivity contribution in [2.45, 2.75) is 0 Å². The van der Waals surface area contributed by atoms with Gasteiger partial charge in [0.15, 0.2) is 0 Å². The van der Waals surface area contributed by atoms with Crippen LogP contribution in [0.5, 0.6) is 0 Å². The molecule has 12 aromatic rings. The monoisotopic (exact) mass is 2140 g/mol. The third-order valence-electron chi connectivity index (χ3n) is 15.5. The Balaban J connectivity index is 0.000000308. The summed E-state index contributed by atoms with van der Waals surface area (Å²) in [4.78, 5) is 51.8. The molecule has 0 radical (unpaired) electrons. The molecule has 0 aliphatic carbocycles. The van der Waals surface area contributed by atoms with E-state index >= 15 is 0 Å². The fourth-order valence-electron chi connectivity index (χ4n) is 9.32. The smallest absolute Gasteiger partial charge is 0.0585 e. The summed E-state index contributed by atoms with van der Waals surface area (Å²) in [6.07, 6.45) is 21.9. The summed E-state index contributed by atoms with van der Waals surface area (Å²) in [6.45, 7) is 7.91. The number of benzene rings is 12. The van der Waals surface area contributed by atoms with E-state index < -0.39 is 0 Å². The van der Waals surface area contributed by atoms with Gasteiger partial charge in [-0.2, -0.15) is 0 Å². The summed E-state index contributed by atoms with van der Waals surface area (Å²) in [5.74, 6) is 0. The van der Waals surface area contributed by atoms with Gasteiger partial charge in [0.1, 0.15) is 0 Å². The van der Waals surface area contributed by atoms with Crippen molar-refractivity contribution < 1.29 is 61.3 Å². The Bertz CT molecular complexity index is 4070. The first-order valence-electron chi connectivity index (χ1n) is 37.5. The van der Waals surface area contributed by atoms with Crippen molar-refractivity contribution in [2.75, 3.05) is 78.5 Å². The molecule has 12 aromatic carbocycles. The number of hydrogen-bond donors (Lipinski definition) is 0. The Kier molecular flexibility index (Phi) is 58.2. The van der Waals surface area contributed by atoms with Crippen molar-refractivity contribution in [3.63, 3.8) is 0 Å². The van der Waals surface area contributed by atoms with E-state index in [0.717, 1.165) is 127 Å². The van der Waals surface area contributed by atoms with Gasteiger partial charge in [-0.15, -0.1) is 0 Å². The Hall–Kier alpha value is -7.85. The van der Waals surface area contributed by atoms with Gasteiger partial charge in [0, 0.05) is 196 Å². The second-order valence-electron chi connectivity index (χ2n) is 25.0. The van der Waals surface area contributed by atoms with Crippen molar-refractivity contribution in [3.05, 3.63) is 418 Å². The number of halogens is 12. The van der Waals surface area contributed by atoms with Crippen LogP contribution in [-0.4, -0.2) is 153 Å². The molecule has 27 heteroatoms. The van der Waals surface area contributed by atoms with Crippen LogP contribution >= 0.6 is 139 Å². The molecule has 0 spiro atoms. The largest absolute Gasteiger partial charge is 0.291 e. The van der Waals surface area contributed by atoms with Crippen LogP contribution in [-0.2, 0) is 61.3 Å². The fraction of sp³-hybridized carbons (Fsp3) is 0.125. The van der Waals surface area contributed by atoms with Crippen LogP contribution in [0.3, 0.4) is 0 Å². The molecule has 0 saturated carbocycles. The molecule has 0 amide bonds. The predicted octanol–water partition coefficient (Wildman–Crippen LogP) is 27.2. The second-order valence-corrected chi connectivity index (χ2v) is 30.3. The topological polar surface area (TPSA) is 148 Å². The van der Waals surface area contributed by atoms with Gasteiger partial charge in [-0.3, -0.25) is 59.9 Å². The zero-order valence-electron chi connectivity index (χ0n) is 66.0. The summed E-state index contributed by atoms with van der Waals surface area (Å²) in [6, 6.07) is 90.8. The molecule has 123 heavy (non-hydrogen) atoms. The maximum atomic E-state index is 5.81. The minimum Gasteiger partial charge on any atom is -0.291 e. The molecule has 0 aliphatic heterocycles. The Morgan fingerprint density at radius 1 is 0.114 bits per heavy atom. The third-order valence-corrected chi connectivity index (χ3v) is 18.5. The van der Waals surface area contributed by atoms with Gasteiger partial charge in [0.25, 0.3) is 0 Å². The fourth-order valence-corrected chi connectivity index (χ4v) is 10.8. The molecule has 0 bridgehead atoms. The van der Waals surface area contributed by atoms with E-state index in [1.165, 1.54) is 0 Å². The average molecular weight is 2150 g/mol. The molecule has 0 heterocycles. The minimum atomic E-state index is 0. The zero-order valence-corrected chi connectivity index (χ0v) is 79.7. The Labute approximate surface area is 823 Å². The van der Waals surface area contributed by atoms with E-state index in [9.17, 15) is 0 Å². The van der Waals surface area contributed by atoms with E-state index in [2.05, 4.69) is 59.9 Å². The predicted molar refractivity (Wildman–Crippen MR) is 527 cm³/mol. The minimum absolute atomic E-state index is 0. The molecule has 0 aliphatic rings. The normalized spacial score (nSPS) is 11.2. The van der Waals surface area contributed by atoms with Crippen LogP contribution in [0.4, 0.5) is 0 Å². The van der Waals surface area contributed by atoms with Gasteiger partial charge in [0.2, 0.25) is 0 Å². The van der Waals surface area contributed by atoms with Crippen LogP contribution in [0.1, 0.15) is 66.8 Å². The molecule has 0 atom stereocenters. The van der Waals surface area contributed by atoms with E-state index in [1.54, 1.807) is 0 Å². The van der Waals surface area contributed by atoms with Crippen LogP contribution in [0.15, 0.2) is 351 Å². The molecule has 12 nitrogen and oxygen atoms in total. The van der Waals surface area contributed by atoms with Crippen LogP contribution in [0.25, 0.3) is 0 Å². The van der Waals surface area contributed by atoms with Crippen LogP contribution in [0.2, 0.25) is 60.3 Å². The average Bonchev–Trinajstić information content (AvgIpc) is 0.991. The van der Waals surface area contributed by atoms with Crippen LogP contribution < -0.4 is 0 Å². The first-order valence-corrected chi connectivity index (χ1v) is 42.0. The molecule has 0 N–H and O–H groups in total. The summed E-state index contributed by atoms with van der Waals surface area (Å²) in [5.41, 5.74) is 12.5. The van der Waals surface area contributed by atoms with Crippen molar-refractivity contribution in [1.29, 1.82) is 0 Å². The molecular weight excluding hydrogens is 2070 g/mol.